The van der Waals surface area contributed by atoms with Gasteiger partial charge in [0.1, 0.15) is 0 Å². The van der Waals surface area contributed by atoms with Crippen LogP contribution in [-0.4, -0.2) is 13.7 Å². The molecule has 0 bridgehead atoms. The predicted octanol–water partition coefficient (Wildman–Crippen LogP) is 14.8. The first-order valence-electron chi connectivity index (χ1n) is 20.3. The molecule has 0 saturated heterocycles. The molecule has 3 nitrogen and oxygen atoms in total. The minimum atomic E-state index is 1.10. The third kappa shape index (κ3) is 5.15. The van der Waals surface area contributed by atoms with Crippen LogP contribution >= 0.6 is 0 Å². The van der Waals surface area contributed by atoms with E-state index < -0.39 is 0 Å². The average Bonchev–Trinajstić information content (AvgIpc) is 3.96. The van der Waals surface area contributed by atoms with E-state index in [2.05, 4.69) is 238 Å². The summed E-state index contributed by atoms with van der Waals surface area (Å²) in [6.07, 6.45) is 0. The van der Waals surface area contributed by atoms with Gasteiger partial charge in [0.2, 0.25) is 0 Å². The molecule has 59 heavy (non-hydrogen) atoms. The minimum Gasteiger partial charge on any atom is -0.309 e. The summed E-state index contributed by atoms with van der Waals surface area (Å²) in [6.45, 7) is 0. The van der Waals surface area contributed by atoms with E-state index in [1.807, 2.05) is 0 Å². The second-order valence-corrected chi connectivity index (χ2v) is 15.3. The molecular formula is C56H37N3. The first-order chi connectivity index (χ1) is 29.3. The molecule has 0 unspecified atom stereocenters. The molecule has 0 atom stereocenters. The van der Waals surface area contributed by atoms with Crippen LogP contribution in [0.1, 0.15) is 0 Å². The highest BCUT2D eigenvalue weighted by Crippen LogP contribution is 2.47. The van der Waals surface area contributed by atoms with Crippen LogP contribution in [0.15, 0.2) is 224 Å². The van der Waals surface area contributed by atoms with Gasteiger partial charge in [-0.05, 0) is 70.8 Å². The van der Waals surface area contributed by atoms with Crippen molar-refractivity contribution in [2.45, 2.75) is 0 Å². The number of nitrogens with zero attached hydrogens (tertiary/aromatic N) is 3. The van der Waals surface area contributed by atoms with Crippen molar-refractivity contribution in [2.24, 2.45) is 0 Å². The van der Waals surface area contributed by atoms with Crippen molar-refractivity contribution in [1.82, 2.24) is 13.7 Å². The maximum Gasteiger partial charge on any atom is 0.0789 e. The Balaban J connectivity index is 1.28. The van der Waals surface area contributed by atoms with Crippen LogP contribution in [0, 0.1) is 0 Å². The lowest BCUT2D eigenvalue weighted by Crippen LogP contribution is -2.02. The number of para-hydroxylation sites is 4. The number of aromatic nitrogens is 3. The van der Waals surface area contributed by atoms with Crippen LogP contribution < -0.4 is 0 Å². The van der Waals surface area contributed by atoms with Gasteiger partial charge in [-0.2, -0.15) is 0 Å². The molecule has 0 saturated carbocycles. The zero-order valence-corrected chi connectivity index (χ0v) is 32.2. The number of hydrogen-bond acceptors (Lipinski definition) is 0. The zero-order valence-electron chi connectivity index (χ0n) is 32.2. The van der Waals surface area contributed by atoms with Gasteiger partial charge >= 0.3 is 0 Å². The molecule has 0 fully saturated rings. The average molecular weight is 752 g/mol. The Labute approximate surface area is 341 Å². The van der Waals surface area contributed by atoms with Gasteiger partial charge in [0.25, 0.3) is 0 Å². The van der Waals surface area contributed by atoms with Gasteiger partial charge < -0.3 is 13.7 Å². The van der Waals surface area contributed by atoms with Crippen molar-refractivity contribution in [3.8, 4) is 50.6 Å². The monoisotopic (exact) mass is 751 g/mol. The topological polar surface area (TPSA) is 14.8 Å². The summed E-state index contributed by atoms with van der Waals surface area (Å²) in [7, 11) is 0. The number of hydrogen-bond donors (Lipinski definition) is 0. The van der Waals surface area contributed by atoms with E-state index in [1.54, 1.807) is 0 Å². The van der Waals surface area contributed by atoms with Gasteiger partial charge in [0.05, 0.1) is 33.3 Å². The van der Waals surface area contributed by atoms with Crippen LogP contribution in [0.25, 0.3) is 105 Å². The number of fused-ring (bicyclic) bond motifs is 8. The summed E-state index contributed by atoms with van der Waals surface area (Å²) in [5, 5.41) is 6.13. The molecule has 9 aromatic carbocycles. The molecule has 3 aromatic heterocycles. The van der Waals surface area contributed by atoms with Crippen LogP contribution in [-0.2, 0) is 0 Å². The largest absolute Gasteiger partial charge is 0.309 e. The fourth-order valence-electron chi connectivity index (χ4n) is 9.54. The maximum absolute atomic E-state index is 2.53. The molecule has 3 heteroatoms. The summed E-state index contributed by atoms with van der Waals surface area (Å²) in [5.74, 6) is 0. The smallest absolute Gasteiger partial charge is 0.0789 e. The van der Waals surface area contributed by atoms with Crippen molar-refractivity contribution in [2.75, 3.05) is 0 Å². The molecule has 0 amide bonds. The molecule has 0 aliphatic rings. The van der Waals surface area contributed by atoms with E-state index in [1.165, 1.54) is 76.9 Å². The van der Waals surface area contributed by atoms with E-state index in [0.29, 0.717) is 0 Å². The lowest BCUT2D eigenvalue weighted by molar-refractivity contribution is 1.11. The standard InChI is InChI=1S/C56H37N3/c1-5-19-38(20-6-1)41-35-43(57-50-30-16-13-27-45(50)46-28-14-17-31-51(46)57)37-44(36-41)58-52-32-18-15-29-47(52)48-33-34-49-53(39-21-7-2-8-22-39)54(40-23-9-3-10-24-40)59(56(49)55(48)58)42-25-11-4-12-26-42/h1-37H. The predicted molar refractivity (Wildman–Crippen MR) is 248 cm³/mol. The summed E-state index contributed by atoms with van der Waals surface area (Å²) >= 11 is 0. The van der Waals surface area contributed by atoms with Crippen molar-refractivity contribution in [1.29, 1.82) is 0 Å². The summed E-state index contributed by atoms with van der Waals surface area (Å²) in [6, 6.07) is 81.8. The van der Waals surface area contributed by atoms with E-state index in [0.717, 1.165) is 28.1 Å². The van der Waals surface area contributed by atoms with Crippen molar-refractivity contribution < 1.29 is 0 Å². The Kier molecular flexibility index (Phi) is 7.54. The lowest BCUT2D eigenvalue weighted by Gasteiger charge is -2.17. The molecule has 0 radical (unpaired) electrons. The number of rotatable bonds is 6. The van der Waals surface area contributed by atoms with E-state index in [-0.39, 0.29) is 0 Å². The number of benzene rings is 9. The van der Waals surface area contributed by atoms with Gasteiger partial charge in [-0.15, -0.1) is 0 Å². The van der Waals surface area contributed by atoms with Crippen LogP contribution in [0.3, 0.4) is 0 Å². The first kappa shape index (κ1) is 33.3. The second kappa shape index (κ2) is 13.4. The highest BCUT2D eigenvalue weighted by molar-refractivity contribution is 6.22. The Bertz CT molecular complexity index is 3470. The highest BCUT2D eigenvalue weighted by Gasteiger charge is 2.26. The van der Waals surface area contributed by atoms with Gasteiger partial charge in [-0.1, -0.05) is 176 Å². The van der Waals surface area contributed by atoms with E-state index >= 15 is 0 Å². The molecule has 276 valence electrons. The van der Waals surface area contributed by atoms with Gasteiger partial charge in [-0.25, -0.2) is 0 Å². The third-order valence-corrected chi connectivity index (χ3v) is 12.0. The van der Waals surface area contributed by atoms with Gasteiger partial charge in [0, 0.05) is 49.6 Å². The Morgan fingerprint density at radius 3 is 1.25 bits per heavy atom. The molecule has 12 aromatic rings. The zero-order chi connectivity index (χ0) is 38.9. The molecule has 12 rings (SSSR count). The van der Waals surface area contributed by atoms with Gasteiger partial charge in [-0.3, -0.25) is 0 Å². The minimum absolute atomic E-state index is 1.10. The Morgan fingerprint density at radius 1 is 0.237 bits per heavy atom. The van der Waals surface area contributed by atoms with Crippen LogP contribution in [0.4, 0.5) is 0 Å². The molecular weight excluding hydrogens is 715 g/mol. The Hall–Kier alpha value is -7.88. The lowest BCUT2D eigenvalue weighted by atomic mass is 9.98. The maximum atomic E-state index is 2.53. The fraction of sp³-hybridized carbons (Fsp3) is 0. The quantitative estimate of drug-likeness (QED) is 0.161. The van der Waals surface area contributed by atoms with Crippen molar-refractivity contribution in [3.63, 3.8) is 0 Å². The summed E-state index contributed by atoms with van der Waals surface area (Å²) < 4.78 is 7.48. The molecule has 0 N–H and O–H groups in total. The molecule has 3 heterocycles. The molecule has 0 spiro atoms. The van der Waals surface area contributed by atoms with Gasteiger partial charge in [0.15, 0.2) is 0 Å². The van der Waals surface area contributed by atoms with Crippen LogP contribution in [0.5, 0.6) is 0 Å². The first-order valence-corrected chi connectivity index (χ1v) is 20.3. The van der Waals surface area contributed by atoms with Crippen molar-refractivity contribution in [3.05, 3.63) is 224 Å². The SMILES string of the molecule is c1ccc(-c2cc(-n3c4ccccc4c4ccccc43)cc(-n3c4ccccc4c4ccc5c(-c6ccccc6)c(-c6ccccc6)n(-c6ccccc6)c5c43)c2)cc1. The van der Waals surface area contributed by atoms with E-state index in [9.17, 15) is 0 Å². The molecule has 0 aliphatic heterocycles. The fourth-order valence-corrected chi connectivity index (χ4v) is 9.54. The Morgan fingerprint density at radius 2 is 0.661 bits per heavy atom. The third-order valence-electron chi connectivity index (χ3n) is 12.0. The summed E-state index contributed by atoms with van der Waals surface area (Å²) in [5.41, 5.74) is 16.3. The highest BCUT2D eigenvalue weighted by atomic mass is 15.1. The normalized spacial score (nSPS) is 11.7. The van der Waals surface area contributed by atoms with Crippen LogP contribution in [0.2, 0.25) is 0 Å². The molecule has 0 aliphatic carbocycles. The van der Waals surface area contributed by atoms with E-state index in [4.69, 9.17) is 0 Å². The van der Waals surface area contributed by atoms with Crippen molar-refractivity contribution >= 4 is 54.5 Å². The second-order valence-electron chi connectivity index (χ2n) is 15.3. The summed E-state index contributed by atoms with van der Waals surface area (Å²) in [4.78, 5) is 0.